The van der Waals surface area contributed by atoms with Crippen LogP contribution in [-0.2, 0) is 9.53 Å². The number of hydrogen-bond donors (Lipinski definition) is 2. The quantitative estimate of drug-likeness (QED) is 0.554. The number of aromatic nitrogens is 2. The average Bonchev–Trinajstić information content (AvgIpc) is 3.21. The number of ether oxygens (including phenoxy) is 1. The first-order valence-corrected chi connectivity index (χ1v) is 11.1. The van der Waals surface area contributed by atoms with Gasteiger partial charge in [0.1, 0.15) is 0 Å². The van der Waals surface area contributed by atoms with Crippen molar-refractivity contribution in [3.63, 3.8) is 0 Å². The molecule has 1 aromatic heterocycles. The van der Waals surface area contributed by atoms with Crippen LogP contribution >= 0.6 is 23.1 Å². The van der Waals surface area contributed by atoms with Crippen molar-refractivity contribution in [3.05, 3.63) is 0 Å². The molecule has 0 spiro atoms. The number of anilines is 1. The first-order chi connectivity index (χ1) is 12.2. The average molecular weight is 385 g/mol. The minimum absolute atomic E-state index is 0.112. The highest BCUT2D eigenvalue weighted by atomic mass is 32.2. The predicted molar refractivity (Wildman–Crippen MR) is 102 cm³/mol. The number of carbonyl (C=O) groups is 1. The highest BCUT2D eigenvalue weighted by molar-refractivity contribution is 8.02. The van der Waals surface area contributed by atoms with Crippen LogP contribution in [0.2, 0.25) is 0 Å². The van der Waals surface area contributed by atoms with E-state index in [0.717, 1.165) is 48.3 Å². The van der Waals surface area contributed by atoms with Gasteiger partial charge in [-0.1, -0.05) is 48.8 Å². The summed E-state index contributed by atoms with van der Waals surface area (Å²) in [4.78, 5) is 12.4. The molecule has 1 saturated heterocycles. The molecule has 1 aliphatic carbocycles. The van der Waals surface area contributed by atoms with Gasteiger partial charge in [-0.05, 0) is 32.6 Å². The van der Waals surface area contributed by atoms with Gasteiger partial charge in [0.2, 0.25) is 11.0 Å². The summed E-state index contributed by atoms with van der Waals surface area (Å²) in [6.45, 7) is 3.58. The van der Waals surface area contributed by atoms with Gasteiger partial charge >= 0.3 is 0 Å². The minimum Gasteiger partial charge on any atom is -0.376 e. The van der Waals surface area contributed by atoms with Crippen molar-refractivity contribution in [3.8, 4) is 0 Å². The standard InChI is InChI=1S/C17H28N4O2S2/c1-12(15(22)19-13-7-4-2-3-5-8-13)24-17-21-20-16(25-17)18-11-14-9-6-10-23-14/h12-14H,2-11H2,1H3,(H,18,20)(H,19,22)/t12-,14+/m1/s1. The van der Waals surface area contributed by atoms with Gasteiger partial charge < -0.3 is 15.4 Å². The molecule has 1 aromatic rings. The Morgan fingerprint density at radius 3 is 2.76 bits per heavy atom. The number of rotatable bonds is 7. The van der Waals surface area contributed by atoms with E-state index in [-0.39, 0.29) is 17.3 Å². The van der Waals surface area contributed by atoms with E-state index in [1.165, 1.54) is 48.8 Å². The lowest BCUT2D eigenvalue weighted by Crippen LogP contribution is -2.39. The summed E-state index contributed by atoms with van der Waals surface area (Å²) in [5.41, 5.74) is 0. The summed E-state index contributed by atoms with van der Waals surface area (Å²) in [5, 5.41) is 15.5. The monoisotopic (exact) mass is 384 g/mol. The number of amides is 1. The van der Waals surface area contributed by atoms with E-state index >= 15 is 0 Å². The third-order valence-corrected chi connectivity index (χ3v) is 6.82. The second kappa shape index (κ2) is 9.73. The predicted octanol–water partition coefficient (Wildman–Crippen LogP) is 3.45. The van der Waals surface area contributed by atoms with Gasteiger partial charge in [0.05, 0.1) is 11.4 Å². The van der Waals surface area contributed by atoms with Crippen molar-refractivity contribution in [1.82, 2.24) is 15.5 Å². The van der Waals surface area contributed by atoms with Crippen LogP contribution in [0.3, 0.4) is 0 Å². The summed E-state index contributed by atoms with van der Waals surface area (Å²) in [7, 11) is 0. The summed E-state index contributed by atoms with van der Waals surface area (Å²) in [5.74, 6) is 0.112. The first-order valence-electron chi connectivity index (χ1n) is 9.37. The maximum Gasteiger partial charge on any atom is 0.233 e. The molecule has 1 amide bonds. The van der Waals surface area contributed by atoms with Crippen LogP contribution < -0.4 is 10.6 Å². The normalized spacial score (nSPS) is 23.2. The number of thioether (sulfide) groups is 1. The van der Waals surface area contributed by atoms with Crippen LogP contribution in [0.15, 0.2) is 4.34 Å². The zero-order chi connectivity index (χ0) is 17.5. The fraction of sp³-hybridized carbons (Fsp3) is 0.824. The molecule has 0 unspecified atom stereocenters. The third-order valence-electron chi connectivity index (χ3n) is 4.76. The molecule has 8 heteroatoms. The fourth-order valence-corrected chi connectivity index (χ4v) is 5.19. The van der Waals surface area contributed by atoms with Crippen molar-refractivity contribution in [1.29, 1.82) is 0 Å². The number of hydrogen-bond acceptors (Lipinski definition) is 7. The Bertz CT molecular complexity index is 541. The molecule has 2 N–H and O–H groups in total. The van der Waals surface area contributed by atoms with E-state index in [1.54, 1.807) is 0 Å². The van der Waals surface area contributed by atoms with Crippen LogP contribution in [0.5, 0.6) is 0 Å². The summed E-state index contributed by atoms with van der Waals surface area (Å²) >= 11 is 2.99. The second-order valence-corrected chi connectivity index (χ2v) is 9.41. The Morgan fingerprint density at radius 1 is 1.24 bits per heavy atom. The zero-order valence-corrected chi connectivity index (χ0v) is 16.5. The van der Waals surface area contributed by atoms with Crippen LogP contribution in [0.1, 0.15) is 58.3 Å². The van der Waals surface area contributed by atoms with Gasteiger partial charge in [-0.25, -0.2) is 0 Å². The number of nitrogens with one attached hydrogen (secondary N) is 2. The summed E-state index contributed by atoms with van der Waals surface area (Å²) in [6, 6.07) is 0.344. The topological polar surface area (TPSA) is 76.1 Å². The summed E-state index contributed by atoms with van der Waals surface area (Å²) < 4.78 is 6.43. The molecule has 3 rings (SSSR count). The van der Waals surface area contributed by atoms with Gasteiger partial charge in [0.15, 0.2) is 4.34 Å². The fourth-order valence-electron chi connectivity index (χ4n) is 3.28. The molecule has 140 valence electrons. The van der Waals surface area contributed by atoms with Crippen molar-refractivity contribution in [2.75, 3.05) is 18.5 Å². The van der Waals surface area contributed by atoms with E-state index in [1.807, 2.05) is 6.92 Å². The SMILES string of the molecule is C[C@@H](Sc1nnc(NC[C@@H]2CCCO2)s1)C(=O)NC1CCCCCC1. The van der Waals surface area contributed by atoms with Gasteiger partial charge in [-0.3, -0.25) is 4.79 Å². The van der Waals surface area contributed by atoms with Crippen molar-refractivity contribution in [2.24, 2.45) is 0 Å². The largest absolute Gasteiger partial charge is 0.376 e. The van der Waals surface area contributed by atoms with E-state index in [2.05, 4.69) is 20.8 Å². The van der Waals surface area contributed by atoms with Crippen LogP contribution in [0, 0.1) is 0 Å². The molecule has 0 bridgehead atoms. The highest BCUT2D eigenvalue weighted by Crippen LogP contribution is 2.29. The Hall–Kier alpha value is -0.860. The lowest BCUT2D eigenvalue weighted by atomic mass is 10.1. The highest BCUT2D eigenvalue weighted by Gasteiger charge is 2.21. The smallest absolute Gasteiger partial charge is 0.233 e. The van der Waals surface area contributed by atoms with E-state index < -0.39 is 0 Å². The Morgan fingerprint density at radius 2 is 2.04 bits per heavy atom. The molecule has 2 aliphatic rings. The molecule has 0 aromatic carbocycles. The van der Waals surface area contributed by atoms with E-state index in [9.17, 15) is 4.79 Å². The second-order valence-electron chi connectivity index (χ2n) is 6.85. The third kappa shape index (κ3) is 6.11. The van der Waals surface area contributed by atoms with E-state index in [4.69, 9.17) is 4.74 Å². The maximum atomic E-state index is 12.4. The Balaban J connectivity index is 1.42. The molecular weight excluding hydrogens is 356 g/mol. The van der Waals surface area contributed by atoms with Gasteiger partial charge in [0, 0.05) is 19.2 Å². The van der Waals surface area contributed by atoms with Crippen molar-refractivity contribution < 1.29 is 9.53 Å². The molecule has 0 radical (unpaired) electrons. The van der Waals surface area contributed by atoms with Gasteiger partial charge in [-0.15, -0.1) is 10.2 Å². The molecule has 2 atom stereocenters. The maximum absolute atomic E-state index is 12.4. The van der Waals surface area contributed by atoms with Crippen LogP contribution in [0.25, 0.3) is 0 Å². The first kappa shape index (κ1) is 18.9. The minimum atomic E-state index is -0.151. The van der Waals surface area contributed by atoms with Gasteiger partial charge in [0.25, 0.3) is 0 Å². The van der Waals surface area contributed by atoms with Crippen molar-refractivity contribution in [2.45, 2.75) is 80.0 Å². The number of carbonyl (C=O) groups excluding carboxylic acids is 1. The molecule has 1 aliphatic heterocycles. The lowest BCUT2D eigenvalue weighted by Gasteiger charge is -2.18. The van der Waals surface area contributed by atoms with Crippen LogP contribution in [0.4, 0.5) is 5.13 Å². The number of nitrogens with zero attached hydrogens (tertiary/aromatic N) is 2. The molecule has 2 heterocycles. The molecule has 1 saturated carbocycles. The zero-order valence-electron chi connectivity index (χ0n) is 14.8. The van der Waals surface area contributed by atoms with Gasteiger partial charge in [-0.2, -0.15) is 0 Å². The molecular formula is C17H28N4O2S2. The summed E-state index contributed by atoms with van der Waals surface area (Å²) in [6.07, 6.45) is 9.78. The Kier molecular flexibility index (Phi) is 7.36. The Labute approximate surface area is 157 Å². The molecule has 6 nitrogen and oxygen atoms in total. The molecule has 2 fully saturated rings. The van der Waals surface area contributed by atoms with Crippen LogP contribution in [-0.4, -0.2) is 46.7 Å². The molecule has 25 heavy (non-hydrogen) atoms. The lowest BCUT2D eigenvalue weighted by molar-refractivity contribution is -0.121. The van der Waals surface area contributed by atoms with Crippen molar-refractivity contribution >= 4 is 34.1 Å². The van der Waals surface area contributed by atoms with E-state index in [0.29, 0.717) is 6.04 Å².